The predicted molar refractivity (Wildman–Crippen MR) is 84.5 cm³/mol. The van der Waals surface area contributed by atoms with Crippen LogP contribution in [0.15, 0.2) is 48.5 Å². The fraction of sp³-hybridized carbons (Fsp3) is 0.278. The number of hydrogen-bond acceptors (Lipinski definition) is 1. The van der Waals surface area contributed by atoms with Gasteiger partial charge in [-0.05, 0) is 36.1 Å². The number of anilines is 1. The Morgan fingerprint density at radius 2 is 1.70 bits per heavy atom. The molecule has 0 saturated heterocycles. The largest absolute Gasteiger partial charge is 0.417 e. The Balaban J connectivity index is 2.35. The maximum absolute atomic E-state index is 13.0. The lowest BCUT2D eigenvalue weighted by Gasteiger charge is -2.17. The summed E-state index contributed by atoms with van der Waals surface area (Å²) in [5.74, 6) is -0.557. The van der Waals surface area contributed by atoms with Gasteiger partial charge in [0, 0.05) is 5.69 Å². The van der Waals surface area contributed by atoms with Gasteiger partial charge in [-0.15, -0.1) is 0 Å². The number of rotatable bonds is 4. The van der Waals surface area contributed by atoms with Crippen LogP contribution in [0.5, 0.6) is 0 Å². The summed E-state index contributed by atoms with van der Waals surface area (Å²) in [5, 5.41) is 2.62. The highest BCUT2D eigenvalue weighted by Crippen LogP contribution is 2.33. The van der Waals surface area contributed by atoms with E-state index in [2.05, 4.69) is 5.32 Å². The van der Waals surface area contributed by atoms with Gasteiger partial charge in [-0.25, -0.2) is 0 Å². The molecule has 2 aromatic carbocycles. The van der Waals surface area contributed by atoms with Gasteiger partial charge in [-0.2, -0.15) is 13.2 Å². The molecule has 0 spiro atoms. The van der Waals surface area contributed by atoms with E-state index in [4.69, 9.17) is 0 Å². The Morgan fingerprint density at radius 1 is 1.09 bits per heavy atom. The van der Waals surface area contributed by atoms with Crippen molar-refractivity contribution >= 4 is 11.6 Å². The minimum atomic E-state index is -4.57. The van der Waals surface area contributed by atoms with Crippen molar-refractivity contribution in [2.75, 3.05) is 5.32 Å². The third kappa shape index (κ3) is 3.92. The molecule has 0 heterocycles. The molecular formula is C18H18F3NO. The molecular weight excluding hydrogens is 303 g/mol. The van der Waals surface area contributed by atoms with E-state index in [1.54, 1.807) is 12.1 Å². The first kappa shape index (κ1) is 17.1. The van der Waals surface area contributed by atoms with Gasteiger partial charge in [0.15, 0.2) is 0 Å². The van der Waals surface area contributed by atoms with Crippen LogP contribution in [0, 0.1) is 0 Å². The fourth-order valence-corrected chi connectivity index (χ4v) is 2.38. The lowest BCUT2D eigenvalue weighted by atomic mass is 9.96. The van der Waals surface area contributed by atoms with Gasteiger partial charge in [0.25, 0.3) is 5.91 Å². The highest BCUT2D eigenvalue weighted by molar-refractivity contribution is 6.05. The highest BCUT2D eigenvalue weighted by Gasteiger charge is 2.34. The molecule has 2 aromatic rings. The summed E-state index contributed by atoms with van der Waals surface area (Å²) in [6.45, 7) is 4.02. The van der Waals surface area contributed by atoms with Crippen molar-refractivity contribution < 1.29 is 18.0 Å². The molecule has 0 radical (unpaired) electrons. The second-order valence-corrected chi connectivity index (χ2v) is 5.39. The molecule has 1 atom stereocenters. The zero-order chi connectivity index (χ0) is 17.0. The minimum absolute atomic E-state index is 0.198. The number of amides is 1. The summed E-state index contributed by atoms with van der Waals surface area (Å²) in [6, 6.07) is 12.0. The highest BCUT2D eigenvalue weighted by atomic mass is 19.4. The average Bonchev–Trinajstić information content (AvgIpc) is 2.54. The van der Waals surface area contributed by atoms with E-state index in [1.165, 1.54) is 18.2 Å². The van der Waals surface area contributed by atoms with Crippen molar-refractivity contribution in [2.45, 2.75) is 32.4 Å². The van der Waals surface area contributed by atoms with Gasteiger partial charge >= 0.3 is 6.18 Å². The van der Waals surface area contributed by atoms with Gasteiger partial charge in [-0.3, -0.25) is 4.79 Å². The molecule has 1 amide bonds. The number of halogens is 3. The first-order valence-corrected chi connectivity index (χ1v) is 7.41. The fourth-order valence-electron chi connectivity index (χ4n) is 2.38. The lowest BCUT2D eigenvalue weighted by Crippen LogP contribution is -2.19. The third-order valence-electron chi connectivity index (χ3n) is 3.83. The van der Waals surface area contributed by atoms with Crippen LogP contribution < -0.4 is 5.32 Å². The Labute approximate surface area is 133 Å². The molecule has 2 nitrogen and oxygen atoms in total. The SMILES string of the molecule is CCC(C)c1ccccc1NC(=O)c1ccccc1C(F)(F)F. The number of hydrogen-bond donors (Lipinski definition) is 1. The number of carbonyl (C=O) groups excluding carboxylic acids is 1. The van der Waals surface area contributed by atoms with Gasteiger partial charge in [-0.1, -0.05) is 44.2 Å². The van der Waals surface area contributed by atoms with E-state index in [0.717, 1.165) is 18.1 Å². The zero-order valence-electron chi connectivity index (χ0n) is 12.9. The Kier molecular flexibility index (Phi) is 5.08. The van der Waals surface area contributed by atoms with E-state index >= 15 is 0 Å². The molecule has 0 bridgehead atoms. The van der Waals surface area contributed by atoms with E-state index in [-0.39, 0.29) is 11.5 Å². The number of carbonyl (C=O) groups is 1. The first-order chi connectivity index (χ1) is 10.8. The molecule has 0 aromatic heterocycles. The second kappa shape index (κ2) is 6.86. The standard InChI is InChI=1S/C18H18F3NO/c1-3-12(2)13-8-5-7-11-16(13)22-17(23)14-9-4-6-10-15(14)18(19,20)21/h4-12H,3H2,1-2H3,(H,22,23). The van der Waals surface area contributed by atoms with E-state index in [1.807, 2.05) is 26.0 Å². The molecule has 1 unspecified atom stereocenters. The maximum atomic E-state index is 13.0. The average molecular weight is 321 g/mol. The Hall–Kier alpha value is -2.30. The van der Waals surface area contributed by atoms with Crippen LogP contribution in [0.25, 0.3) is 0 Å². The van der Waals surface area contributed by atoms with Crippen LogP contribution >= 0.6 is 0 Å². The number of para-hydroxylation sites is 1. The summed E-state index contributed by atoms with van der Waals surface area (Å²) in [6.07, 6.45) is -3.70. The van der Waals surface area contributed by atoms with Crippen molar-refractivity contribution in [3.05, 3.63) is 65.2 Å². The molecule has 1 N–H and O–H groups in total. The van der Waals surface area contributed by atoms with E-state index in [9.17, 15) is 18.0 Å². The van der Waals surface area contributed by atoms with Crippen LogP contribution in [0.4, 0.5) is 18.9 Å². The molecule has 122 valence electrons. The van der Waals surface area contributed by atoms with Gasteiger partial charge in [0.2, 0.25) is 0 Å². The molecule has 0 fully saturated rings. The van der Waals surface area contributed by atoms with E-state index < -0.39 is 17.6 Å². The monoisotopic (exact) mass is 321 g/mol. The Bertz CT molecular complexity index is 695. The van der Waals surface area contributed by atoms with Crippen LogP contribution in [0.2, 0.25) is 0 Å². The van der Waals surface area contributed by atoms with Crippen LogP contribution in [-0.4, -0.2) is 5.91 Å². The summed E-state index contributed by atoms with van der Waals surface area (Å²) in [4.78, 5) is 12.3. The Morgan fingerprint density at radius 3 is 2.35 bits per heavy atom. The van der Waals surface area contributed by atoms with Crippen LogP contribution in [0.3, 0.4) is 0 Å². The normalized spacial score (nSPS) is 12.7. The van der Waals surface area contributed by atoms with Crippen molar-refractivity contribution in [1.29, 1.82) is 0 Å². The summed E-state index contributed by atoms with van der Waals surface area (Å²) < 4.78 is 39.1. The topological polar surface area (TPSA) is 29.1 Å². The summed E-state index contributed by atoms with van der Waals surface area (Å²) in [5.41, 5.74) is 0.147. The van der Waals surface area contributed by atoms with Crippen molar-refractivity contribution in [1.82, 2.24) is 0 Å². The maximum Gasteiger partial charge on any atom is 0.417 e. The molecule has 0 aliphatic carbocycles. The van der Waals surface area contributed by atoms with Crippen molar-refractivity contribution in [3.63, 3.8) is 0 Å². The van der Waals surface area contributed by atoms with Crippen LogP contribution in [-0.2, 0) is 6.18 Å². The zero-order valence-corrected chi connectivity index (χ0v) is 12.9. The molecule has 0 saturated carbocycles. The quantitative estimate of drug-likeness (QED) is 0.794. The van der Waals surface area contributed by atoms with Gasteiger partial charge in [0.1, 0.15) is 0 Å². The van der Waals surface area contributed by atoms with E-state index in [0.29, 0.717) is 5.69 Å². The summed E-state index contributed by atoms with van der Waals surface area (Å²) >= 11 is 0. The predicted octanol–water partition coefficient (Wildman–Crippen LogP) is 5.47. The lowest BCUT2D eigenvalue weighted by molar-refractivity contribution is -0.137. The molecule has 2 rings (SSSR count). The summed E-state index contributed by atoms with van der Waals surface area (Å²) in [7, 11) is 0. The number of nitrogens with one attached hydrogen (secondary N) is 1. The molecule has 0 aliphatic heterocycles. The molecule has 5 heteroatoms. The van der Waals surface area contributed by atoms with Gasteiger partial charge in [0.05, 0.1) is 11.1 Å². The van der Waals surface area contributed by atoms with Gasteiger partial charge < -0.3 is 5.32 Å². The minimum Gasteiger partial charge on any atom is -0.322 e. The van der Waals surface area contributed by atoms with Crippen molar-refractivity contribution in [2.24, 2.45) is 0 Å². The third-order valence-corrected chi connectivity index (χ3v) is 3.83. The van der Waals surface area contributed by atoms with Crippen LogP contribution in [0.1, 0.15) is 47.7 Å². The smallest absolute Gasteiger partial charge is 0.322 e. The number of alkyl halides is 3. The molecule has 0 aliphatic rings. The molecule has 23 heavy (non-hydrogen) atoms. The first-order valence-electron chi connectivity index (χ1n) is 7.41. The second-order valence-electron chi connectivity index (χ2n) is 5.39. The van der Waals surface area contributed by atoms with Crippen molar-refractivity contribution in [3.8, 4) is 0 Å². The number of benzene rings is 2.